The van der Waals surface area contributed by atoms with Gasteiger partial charge in [0.15, 0.2) is 20.3 Å². The maximum Gasteiger partial charge on any atom is 2.00 e. The molecule has 0 spiro atoms. The smallest absolute Gasteiger partial charge is 0.776 e. The summed E-state index contributed by atoms with van der Waals surface area (Å²) in [6.45, 7) is 0. The van der Waals surface area contributed by atoms with Crippen molar-refractivity contribution in [1.82, 2.24) is 4.98 Å². The van der Waals surface area contributed by atoms with Gasteiger partial charge < -0.3 is 33.8 Å². The first-order chi connectivity index (χ1) is 7.58. The maximum atomic E-state index is 10.9. The van der Waals surface area contributed by atoms with Crippen LogP contribution in [0.1, 0.15) is 5.56 Å². The number of hydrogen-bond donors (Lipinski definition) is 3. The third kappa shape index (κ3) is 4.08. The summed E-state index contributed by atoms with van der Waals surface area (Å²) in [6.07, 6.45) is 1.42. The molecule has 0 amide bonds. The van der Waals surface area contributed by atoms with E-state index in [1.165, 1.54) is 18.3 Å². The topological polar surface area (TPSA) is 154 Å². The molecular weight excluding hydrogens is 312 g/mol. The van der Waals surface area contributed by atoms with E-state index in [9.17, 15) is 24.0 Å². The molecule has 1 heterocycles. The predicted octanol–water partition coefficient (Wildman–Crippen LogP) is -2.02. The summed E-state index contributed by atoms with van der Waals surface area (Å²) >= 11 is 0. The Morgan fingerprint density at radius 3 is 2.11 bits per heavy atom. The minimum absolute atomic E-state index is 0. The van der Waals surface area contributed by atoms with Gasteiger partial charge in [-0.1, -0.05) is 6.07 Å². The van der Waals surface area contributed by atoms with Gasteiger partial charge in [0.25, 0.3) is 0 Å². The van der Waals surface area contributed by atoms with Crippen molar-refractivity contribution in [3.8, 4) is 0 Å². The SMILES string of the molecule is O=P([O-])(O)C(O)(Cc1cccnc1)P(=O)([O-])O.[Ca+2]. The van der Waals surface area contributed by atoms with Crippen LogP contribution >= 0.6 is 15.2 Å². The Bertz CT molecular complexity index is 462. The average Bonchev–Trinajstić information content (AvgIpc) is 2.15. The van der Waals surface area contributed by atoms with Crippen molar-refractivity contribution in [3.05, 3.63) is 30.1 Å². The Labute approximate surface area is 132 Å². The number of aromatic nitrogens is 1. The second kappa shape index (κ2) is 6.41. The van der Waals surface area contributed by atoms with E-state index in [2.05, 4.69) is 4.98 Å². The van der Waals surface area contributed by atoms with Crippen molar-refractivity contribution in [3.63, 3.8) is 0 Å². The monoisotopic (exact) mass is 321 g/mol. The summed E-state index contributed by atoms with van der Waals surface area (Å²) in [6, 6.07) is 2.65. The van der Waals surface area contributed by atoms with Gasteiger partial charge in [0.2, 0.25) is 0 Å². The minimum atomic E-state index is -5.72. The zero-order valence-electron chi connectivity index (χ0n) is 9.04. The van der Waals surface area contributed by atoms with E-state index >= 15 is 0 Å². The van der Waals surface area contributed by atoms with Crippen molar-refractivity contribution < 1.29 is 33.8 Å². The van der Waals surface area contributed by atoms with Gasteiger partial charge in [-0.2, -0.15) is 0 Å². The Balaban J connectivity index is 0.00000289. The number of rotatable bonds is 4. The molecular formula is C7H9CaNO7P2. The van der Waals surface area contributed by atoms with E-state index < -0.39 is 26.7 Å². The number of nitrogens with zero attached hydrogens (tertiary/aromatic N) is 1. The Morgan fingerprint density at radius 1 is 1.28 bits per heavy atom. The average molecular weight is 321 g/mol. The summed E-state index contributed by atoms with van der Waals surface area (Å²) in [5, 5.41) is 5.81. The van der Waals surface area contributed by atoms with Gasteiger partial charge in [-0.25, -0.2) is 0 Å². The quantitative estimate of drug-likeness (QED) is 0.424. The fraction of sp³-hybridized carbons (Fsp3) is 0.286. The zero-order valence-corrected chi connectivity index (χ0v) is 13.0. The van der Waals surface area contributed by atoms with E-state index in [1.54, 1.807) is 0 Å². The first kappa shape index (κ1) is 18.7. The third-order valence-electron chi connectivity index (χ3n) is 2.07. The van der Waals surface area contributed by atoms with Crippen molar-refractivity contribution in [2.75, 3.05) is 0 Å². The zero-order chi connectivity index (χ0) is 13.3. The standard InChI is InChI=1S/C7H11NO7P2.Ca/c9-7(16(10,11)12,17(13,14)15)4-6-2-1-3-8-5-6;/h1-3,5,9H,4H2,(H2,10,11,12)(H2,13,14,15);/q;+2/p-2. The van der Waals surface area contributed by atoms with Crippen molar-refractivity contribution in [2.24, 2.45) is 0 Å². The fourth-order valence-corrected chi connectivity index (χ4v) is 3.18. The first-order valence-electron chi connectivity index (χ1n) is 4.27. The van der Waals surface area contributed by atoms with Crippen LogP contribution in [0.2, 0.25) is 0 Å². The molecule has 0 bridgehead atoms. The molecule has 1 aromatic rings. The van der Waals surface area contributed by atoms with Crippen molar-refractivity contribution in [1.29, 1.82) is 0 Å². The number of aliphatic hydroxyl groups is 1. The molecule has 0 saturated heterocycles. The number of hydrogen-bond acceptors (Lipinski definition) is 6. The fourth-order valence-electron chi connectivity index (χ4n) is 1.14. The van der Waals surface area contributed by atoms with Gasteiger partial charge in [0.05, 0.1) is 0 Å². The largest absolute Gasteiger partial charge is 2.00 e. The first-order valence-corrected chi connectivity index (χ1v) is 7.42. The molecule has 11 heteroatoms. The van der Waals surface area contributed by atoms with Gasteiger partial charge in [0, 0.05) is 18.8 Å². The number of pyridine rings is 1. The van der Waals surface area contributed by atoms with Crippen LogP contribution in [0.3, 0.4) is 0 Å². The van der Waals surface area contributed by atoms with E-state index in [0.29, 0.717) is 0 Å². The third-order valence-corrected chi connectivity index (χ3v) is 5.71. The van der Waals surface area contributed by atoms with Crippen LogP contribution in [0.15, 0.2) is 24.5 Å². The minimum Gasteiger partial charge on any atom is -0.776 e. The Morgan fingerprint density at radius 2 is 1.78 bits per heavy atom. The van der Waals surface area contributed by atoms with Crippen LogP contribution in [0.4, 0.5) is 0 Å². The van der Waals surface area contributed by atoms with Crippen LogP contribution < -0.4 is 9.79 Å². The van der Waals surface area contributed by atoms with E-state index in [0.717, 1.165) is 6.20 Å². The van der Waals surface area contributed by atoms with Gasteiger partial charge in [-0.3, -0.25) is 4.98 Å². The molecule has 2 atom stereocenters. The molecule has 0 aliphatic carbocycles. The normalized spacial score (nSPS) is 20.9. The van der Waals surface area contributed by atoms with Crippen LogP contribution in [-0.2, 0) is 15.6 Å². The van der Waals surface area contributed by atoms with Crippen LogP contribution in [0.25, 0.3) is 0 Å². The summed E-state index contributed by atoms with van der Waals surface area (Å²) < 4.78 is 21.8. The Hall–Kier alpha value is 0.670. The van der Waals surface area contributed by atoms with Gasteiger partial charge in [-0.15, -0.1) is 0 Å². The summed E-state index contributed by atoms with van der Waals surface area (Å²) in [4.78, 5) is 42.8. The summed E-state index contributed by atoms with van der Waals surface area (Å²) in [5.41, 5.74) is 0.0188. The molecule has 0 radical (unpaired) electrons. The van der Waals surface area contributed by atoms with Gasteiger partial charge in [-0.05, 0) is 11.6 Å². The van der Waals surface area contributed by atoms with Gasteiger partial charge >= 0.3 is 37.7 Å². The second-order valence-corrected chi connectivity index (χ2v) is 7.27. The molecule has 8 nitrogen and oxygen atoms in total. The van der Waals surface area contributed by atoms with Gasteiger partial charge in [0.1, 0.15) is 0 Å². The molecule has 18 heavy (non-hydrogen) atoms. The van der Waals surface area contributed by atoms with Crippen LogP contribution in [-0.4, -0.2) is 62.7 Å². The van der Waals surface area contributed by atoms with E-state index in [1.807, 2.05) is 0 Å². The molecule has 2 unspecified atom stereocenters. The molecule has 1 rings (SSSR count). The Kier molecular flexibility index (Phi) is 6.65. The molecule has 1 aromatic heterocycles. The molecule has 3 N–H and O–H groups in total. The summed E-state index contributed by atoms with van der Waals surface area (Å²) in [7, 11) is -11.4. The summed E-state index contributed by atoms with van der Waals surface area (Å²) in [5.74, 6) is 0. The molecule has 0 fully saturated rings. The molecule has 0 saturated carbocycles. The molecule has 0 aliphatic heterocycles. The molecule has 96 valence electrons. The van der Waals surface area contributed by atoms with Crippen LogP contribution in [0, 0.1) is 0 Å². The van der Waals surface area contributed by atoms with Crippen LogP contribution in [0.5, 0.6) is 0 Å². The maximum absolute atomic E-state index is 10.9. The molecule has 0 aliphatic rings. The predicted molar refractivity (Wildman–Crippen MR) is 58.3 cm³/mol. The van der Waals surface area contributed by atoms with Crippen molar-refractivity contribution >= 4 is 52.9 Å². The van der Waals surface area contributed by atoms with Crippen molar-refractivity contribution in [2.45, 2.75) is 11.5 Å². The van der Waals surface area contributed by atoms with E-state index in [-0.39, 0.29) is 43.3 Å². The van der Waals surface area contributed by atoms with E-state index in [4.69, 9.17) is 9.79 Å². The molecule has 0 aromatic carbocycles. The second-order valence-electron chi connectivity index (χ2n) is 3.35.